The number of thiophene rings is 1. The zero-order chi connectivity index (χ0) is 17.4. The van der Waals surface area contributed by atoms with Gasteiger partial charge in [0.05, 0.1) is 16.7 Å². The number of amides is 2. The van der Waals surface area contributed by atoms with Crippen molar-refractivity contribution >= 4 is 33.2 Å². The second-order valence-electron chi connectivity index (χ2n) is 5.89. The first-order chi connectivity index (χ1) is 12.1. The van der Waals surface area contributed by atoms with Crippen molar-refractivity contribution in [3.8, 4) is 0 Å². The third kappa shape index (κ3) is 3.02. The molecule has 5 nitrogen and oxygen atoms in total. The second-order valence-corrected chi connectivity index (χ2v) is 6.97. The zero-order valence-electron chi connectivity index (χ0n) is 13.3. The highest BCUT2D eigenvalue weighted by molar-refractivity contribution is 7.20. The third-order valence-electron chi connectivity index (χ3n) is 4.31. The first kappa shape index (κ1) is 15.8. The Morgan fingerprint density at radius 3 is 2.40 bits per heavy atom. The monoisotopic (exact) mass is 358 g/mol. The maximum Gasteiger partial charge on any atom is 0.264 e. The summed E-state index contributed by atoms with van der Waals surface area (Å²) < 4.78 is 19.1. The molecule has 25 heavy (non-hydrogen) atoms. The van der Waals surface area contributed by atoms with Gasteiger partial charge >= 0.3 is 0 Å². The molecule has 3 aromatic rings. The molecule has 0 spiro atoms. The lowest BCUT2D eigenvalue weighted by atomic mass is 10.2. The van der Waals surface area contributed by atoms with Gasteiger partial charge < -0.3 is 14.2 Å². The van der Waals surface area contributed by atoms with E-state index in [2.05, 4.69) is 0 Å². The molecule has 4 rings (SSSR count). The van der Waals surface area contributed by atoms with Gasteiger partial charge in [0.2, 0.25) is 0 Å². The molecule has 128 valence electrons. The molecule has 0 radical (unpaired) electrons. The highest BCUT2D eigenvalue weighted by Gasteiger charge is 2.26. The van der Waals surface area contributed by atoms with Crippen LogP contribution in [0.1, 0.15) is 20.0 Å². The molecule has 7 heteroatoms. The highest BCUT2D eigenvalue weighted by Crippen LogP contribution is 2.27. The average Bonchev–Trinajstić information content (AvgIpc) is 3.30. The molecule has 1 aliphatic rings. The second kappa shape index (κ2) is 6.33. The van der Waals surface area contributed by atoms with Gasteiger partial charge in [0.15, 0.2) is 0 Å². The number of carbonyl (C=O) groups excluding carboxylic acids is 2. The van der Waals surface area contributed by atoms with Gasteiger partial charge in [-0.05, 0) is 35.7 Å². The molecule has 1 aliphatic heterocycles. The number of piperazine rings is 1. The minimum Gasteiger partial charge on any atom is -0.472 e. The van der Waals surface area contributed by atoms with Gasteiger partial charge in [-0.15, -0.1) is 11.3 Å². The van der Waals surface area contributed by atoms with Crippen LogP contribution in [0.3, 0.4) is 0 Å². The van der Waals surface area contributed by atoms with Crippen LogP contribution in [0.25, 0.3) is 10.1 Å². The first-order valence-corrected chi connectivity index (χ1v) is 8.73. The highest BCUT2D eigenvalue weighted by atomic mass is 32.1. The summed E-state index contributed by atoms with van der Waals surface area (Å²) in [6, 6.07) is 7.88. The van der Waals surface area contributed by atoms with Crippen LogP contribution in [0.2, 0.25) is 0 Å². The Morgan fingerprint density at radius 2 is 1.72 bits per heavy atom. The fourth-order valence-electron chi connectivity index (χ4n) is 2.96. The van der Waals surface area contributed by atoms with Crippen molar-refractivity contribution in [1.82, 2.24) is 9.80 Å². The predicted molar refractivity (Wildman–Crippen MR) is 92.3 cm³/mol. The molecule has 0 bridgehead atoms. The lowest BCUT2D eigenvalue weighted by Gasteiger charge is -2.34. The molecule has 1 saturated heterocycles. The molecule has 0 aliphatic carbocycles. The molecule has 0 atom stereocenters. The number of nitrogens with zero attached hydrogens (tertiary/aromatic N) is 2. The Labute approximate surface area is 147 Å². The van der Waals surface area contributed by atoms with Crippen molar-refractivity contribution in [1.29, 1.82) is 0 Å². The van der Waals surface area contributed by atoms with E-state index in [0.717, 1.165) is 10.1 Å². The van der Waals surface area contributed by atoms with E-state index in [-0.39, 0.29) is 17.6 Å². The van der Waals surface area contributed by atoms with Gasteiger partial charge in [0.1, 0.15) is 12.1 Å². The van der Waals surface area contributed by atoms with E-state index in [0.29, 0.717) is 36.6 Å². The summed E-state index contributed by atoms with van der Waals surface area (Å²) in [5, 5.41) is 0.738. The summed E-state index contributed by atoms with van der Waals surface area (Å²) in [5.74, 6) is -0.467. The Hall–Kier alpha value is -2.67. The lowest BCUT2D eigenvalue weighted by Crippen LogP contribution is -2.50. The van der Waals surface area contributed by atoms with Crippen LogP contribution in [0.4, 0.5) is 4.39 Å². The number of hydrogen-bond donors (Lipinski definition) is 0. The number of furan rings is 1. The summed E-state index contributed by atoms with van der Waals surface area (Å²) in [6.07, 6.45) is 2.90. The minimum atomic E-state index is -0.310. The SMILES string of the molecule is O=C(c1ccoc1)N1CCN(C(=O)c2cc3cc(F)ccc3s2)CC1. The normalized spacial score (nSPS) is 14.9. The van der Waals surface area contributed by atoms with E-state index in [1.807, 2.05) is 0 Å². The number of hydrogen-bond acceptors (Lipinski definition) is 4. The van der Waals surface area contributed by atoms with Crippen LogP contribution < -0.4 is 0 Å². The van der Waals surface area contributed by atoms with Crippen molar-refractivity contribution in [2.24, 2.45) is 0 Å². The van der Waals surface area contributed by atoms with E-state index in [1.54, 1.807) is 28.0 Å². The zero-order valence-corrected chi connectivity index (χ0v) is 14.1. The predicted octanol–water partition coefficient (Wildman–Crippen LogP) is 3.23. The van der Waals surface area contributed by atoms with Gasteiger partial charge in [0.25, 0.3) is 11.8 Å². The molecule has 0 unspecified atom stereocenters. The maximum absolute atomic E-state index is 13.3. The Balaban J connectivity index is 1.44. The Kier molecular flexibility index (Phi) is 4.01. The topological polar surface area (TPSA) is 53.8 Å². The van der Waals surface area contributed by atoms with Crippen molar-refractivity contribution in [3.63, 3.8) is 0 Å². The first-order valence-electron chi connectivity index (χ1n) is 7.92. The van der Waals surface area contributed by atoms with Gasteiger partial charge in [-0.2, -0.15) is 0 Å². The van der Waals surface area contributed by atoms with Crippen LogP contribution in [0, 0.1) is 5.82 Å². The fourth-order valence-corrected chi connectivity index (χ4v) is 3.97. The molecular weight excluding hydrogens is 343 g/mol. The van der Waals surface area contributed by atoms with Crippen molar-refractivity contribution < 1.29 is 18.4 Å². The van der Waals surface area contributed by atoms with E-state index in [4.69, 9.17) is 4.42 Å². The fraction of sp³-hybridized carbons (Fsp3) is 0.222. The smallest absolute Gasteiger partial charge is 0.264 e. The van der Waals surface area contributed by atoms with Crippen molar-refractivity contribution in [3.05, 3.63) is 59.1 Å². The van der Waals surface area contributed by atoms with Crippen molar-refractivity contribution in [2.45, 2.75) is 0 Å². The van der Waals surface area contributed by atoms with Gasteiger partial charge in [-0.1, -0.05) is 0 Å². The summed E-state index contributed by atoms with van der Waals surface area (Å²) >= 11 is 1.36. The van der Waals surface area contributed by atoms with Crippen LogP contribution in [-0.4, -0.2) is 47.8 Å². The van der Waals surface area contributed by atoms with Crippen LogP contribution >= 0.6 is 11.3 Å². The Morgan fingerprint density at radius 1 is 1.00 bits per heavy atom. The van der Waals surface area contributed by atoms with E-state index >= 15 is 0 Å². The summed E-state index contributed by atoms with van der Waals surface area (Å²) in [6.45, 7) is 1.92. The molecule has 0 N–H and O–H groups in total. The quantitative estimate of drug-likeness (QED) is 0.707. The molecule has 2 aromatic heterocycles. The van der Waals surface area contributed by atoms with Gasteiger partial charge in [-0.3, -0.25) is 9.59 Å². The lowest BCUT2D eigenvalue weighted by molar-refractivity contribution is 0.0537. The average molecular weight is 358 g/mol. The summed E-state index contributed by atoms with van der Waals surface area (Å²) in [7, 11) is 0. The number of fused-ring (bicyclic) bond motifs is 1. The van der Waals surface area contributed by atoms with Gasteiger partial charge in [-0.25, -0.2) is 4.39 Å². The van der Waals surface area contributed by atoms with Gasteiger partial charge in [0, 0.05) is 30.9 Å². The van der Waals surface area contributed by atoms with Crippen LogP contribution in [0.15, 0.2) is 47.3 Å². The largest absolute Gasteiger partial charge is 0.472 e. The standard InChI is InChI=1S/C18H15FN2O3S/c19-14-1-2-15-13(9-14)10-16(25-15)18(23)21-6-4-20(5-7-21)17(22)12-3-8-24-11-12/h1-3,8-11H,4-7H2. The van der Waals surface area contributed by atoms with E-state index in [1.165, 1.54) is 36.0 Å². The molecule has 2 amide bonds. The van der Waals surface area contributed by atoms with Crippen LogP contribution in [-0.2, 0) is 0 Å². The van der Waals surface area contributed by atoms with Crippen molar-refractivity contribution in [2.75, 3.05) is 26.2 Å². The van der Waals surface area contributed by atoms with E-state index < -0.39 is 0 Å². The summed E-state index contributed by atoms with van der Waals surface area (Å²) in [4.78, 5) is 29.0. The molecule has 1 aromatic carbocycles. The number of carbonyl (C=O) groups is 2. The minimum absolute atomic E-state index is 0.0722. The molecular formula is C18H15FN2O3S. The summed E-state index contributed by atoms with van der Waals surface area (Å²) in [5.41, 5.74) is 0.520. The molecule has 3 heterocycles. The number of rotatable bonds is 2. The Bertz CT molecular complexity index is 927. The molecule has 0 saturated carbocycles. The number of benzene rings is 1. The number of halogens is 1. The molecule has 1 fully saturated rings. The van der Waals surface area contributed by atoms with E-state index in [9.17, 15) is 14.0 Å². The van der Waals surface area contributed by atoms with Crippen LogP contribution in [0.5, 0.6) is 0 Å². The maximum atomic E-state index is 13.3. The third-order valence-corrected chi connectivity index (χ3v) is 5.42.